The van der Waals surface area contributed by atoms with Crippen LogP contribution in [0.1, 0.15) is 17.3 Å². The largest absolute Gasteiger partial charge is 0.375 e. The van der Waals surface area contributed by atoms with Crippen LogP contribution in [0.3, 0.4) is 0 Å². The maximum absolute atomic E-state index is 12.5. The van der Waals surface area contributed by atoms with E-state index < -0.39 is 0 Å². The highest BCUT2D eigenvalue weighted by Crippen LogP contribution is 2.14. The summed E-state index contributed by atoms with van der Waals surface area (Å²) in [5, 5.41) is 6.04. The van der Waals surface area contributed by atoms with Gasteiger partial charge in [0.1, 0.15) is 6.04 Å². The van der Waals surface area contributed by atoms with Crippen molar-refractivity contribution in [3.8, 4) is 0 Å². The molecule has 2 aliphatic heterocycles. The summed E-state index contributed by atoms with van der Waals surface area (Å²) in [6, 6.07) is 6.72. The van der Waals surface area contributed by atoms with Crippen molar-refractivity contribution in [2.75, 3.05) is 51.7 Å². The molecule has 2 aliphatic rings. The highest BCUT2D eigenvalue weighted by molar-refractivity contribution is 5.97. The third-order valence-electron chi connectivity index (χ3n) is 4.79. The number of hydrogen-bond donors (Lipinski definition) is 2. The number of ether oxygens (including phenoxy) is 1. The molecule has 1 aromatic carbocycles. The van der Waals surface area contributed by atoms with Gasteiger partial charge in [-0.05, 0) is 38.2 Å². The van der Waals surface area contributed by atoms with Crippen LogP contribution < -0.4 is 10.6 Å². The van der Waals surface area contributed by atoms with Crippen LogP contribution in [0.15, 0.2) is 24.3 Å². The fourth-order valence-corrected chi connectivity index (χ4v) is 3.14. The quantitative estimate of drug-likeness (QED) is 0.828. The monoisotopic (exact) mass is 346 g/mol. The number of rotatable bonds is 3. The molecule has 25 heavy (non-hydrogen) atoms. The molecule has 3 rings (SSSR count). The van der Waals surface area contributed by atoms with E-state index in [0.717, 1.165) is 26.2 Å². The van der Waals surface area contributed by atoms with E-state index in [0.29, 0.717) is 24.4 Å². The molecular formula is C18H26N4O3. The van der Waals surface area contributed by atoms with Crippen molar-refractivity contribution in [2.24, 2.45) is 0 Å². The van der Waals surface area contributed by atoms with Gasteiger partial charge < -0.3 is 25.2 Å². The topological polar surface area (TPSA) is 73.9 Å². The number of amides is 2. The molecule has 2 heterocycles. The molecule has 0 aliphatic carbocycles. The predicted octanol–water partition coefficient (Wildman–Crippen LogP) is 0.390. The van der Waals surface area contributed by atoms with E-state index in [2.05, 4.69) is 22.6 Å². The number of hydrogen-bond acceptors (Lipinski definition) is 5. The van der Waals surface area contributed by atoms with Crippen LogP contribution in [0.25, 0.3) is 0 Å². The molecule has 0 unspecified atom stereocenters. The van der Waals surface area contributed by atoms with Crippen molar-refractivity contribution in [3.05, 3.63) is 29.8 Å². The van der Waals surface area contributed by atoms with Crippen molar-refractivity contribution in [3.63, 3.8) is 0 Å². The van der Waals surface area contributed by atoms with Crippen LogP contribution in [0.5, 0.6) is 0 Å². The number of anilines is 1. The van der Waals surface area contributed by atoms with E-state index in [1.807, 2.05) is 11.8 Å². The molecule has 0 saturated carbocycles. The summed E-state index contributed by atoms with van der Waals surface area (Å²) >= 11 is 0. The van der Waals surface area contributed by atoms with Crippen molar-refractivity contribution in [2.45, 2.75) is 19.1 Å². The Morgan fingerprint density at radius 2 is 1.84 bits per heavy atom. The first-order valence-corrected chi connectivity index (χ1v) is 8.78. The Balaban J connectivity index is 1.58. The van der Waals surface area contributed by atoms with E-state index >= 15 is 0 Å². The van der Waals surface area contributed by atoms with E-state index in [1.54, 1.807) is 24.3 Å². The lowest BCUT2D eigenvalue weighted by Gasteiger charge is -2.32. The van der Waals surface area contributed by atoms with Gasteiger partial charge in [-0.3, -0.25) is 9.59 Å². The Labute approximate surface area is 148 Å². The molecule has 2 amide bonds. The number of piperazine rings is 1. The zero-order valence-electron chi connectivity index (χ0n) is 14.8. The molecule has 0 aromatic heterocycles. The molecule has 0 radical (unpaired) electrons. The van der Waals surface area contributed by atoms with Gasteiger partial charge >= 0.3 is 0 Å². The third-order valence-corrected chi connectivity index (χ3v) is 4.79. The van der Waals surface area contributed by atoms with Gasteiger partial charge in [-0.15, -0.1) is 0 Å². The second kappa shape index (κ2) is 7.95. The fourth-order valence-electron chi connectivity index (χ4n) is 3.14. The maximum atomic E-state index is 12.5. The number of benzene rings is 1. The SMILES string of the molecule is C[C@H]1OCCN[C@@H]1C(=O)Nc1ccc(C(=O)N2CCN(C)CC2)cc1. The zero-order valence-corrected chi connectivity index (χ0v) is 14.8. The molecule has 2 N–H and O–H groups in total. The zero-order chi connectivity index (χ0) is 17.8. The fraction of sp³-hybridized carbons (Fsp3) is 0.556. The second-order valence-electron chi connectivity index (χ2n) is 6.67. The molecule has 2 saturated heterocycles. The lowest BCUT2D eigenvalue weighted by molar-refractivity contribution is -0.123. The standard InChI is InChI=1S/C18H26N4O3/c1-13-16(19-7-12-25-13)17(23)20-15-5-3-14(4-6-15)18(24)22-10-8-21(2)9-11-22/h3-6,13,16,19H,7-12H2,1-2H3,(H,20,23)/t13-,16+/m1/s1. The normalized spacial score (nSPS) is 24.8. The number of carbonyl (C=O) groups excluding carboxylic acids is 2. The van der Waals surface area contributed by atoms with Gasteiger partial charge in [0, 0.05) is 44.0 Å². The van der Waals surface area contributed by atoms with E-state index in [9.17, 15) is 9.59 Å². The number of likely N-dealkylation sites (N-methyl/N-ethyl adjacent to an activating group) is 1. The number of nitrogens with one attached hydrogen (secondary N) is 2. The van der Waals surface area contributed by atoms with Crippen molar-refractivity contribution < 1.29 is 14.3 Å². The van der Waals surface area contributed by atoms with Crippen molar-refractivity contribution in [1.82, 2.24) is 15.1 Å². The smallest absolute Gasteiger partial charge is 0.253 e. The van der Waals surface area contributed by atoms with Crippen LogP contribution in [0.4, 0.5) is 5.69 Å². The number of nitrogens with zero attached hydrogens (tertiary/aromatic N) is 2. The van der Waals surface area contributed by atoms with Gasteiger partial charge in [0.2, 0.25) is 5.91 Å². The van der Waals surface area contributed by atoms with E-state index in [1.165, 1.54) is 0 Å². The highest BCUT2D eigenvalue weighted by atomic mass is 16.5. The Kier molecular flexibility index (Phi) is 5.67. The lowest BCUT2D eigenvalue weighted by Crippen LogP contribution is -2.53. The Morgan fingerprint density at radius 3 is 2.48 bits per heavy atom. The average Bonchev–Trinajstić information content (AvgIpc) is 2.63. The van der Waals surface area contributed by atoms with Crippen molar-refractivity contribution in [1.29, 1.82) is 0 Å². The second-order valence-corrected chi connectivity index (χ2v) is 6.67. The summed E-state index contributed by atoms with van der Waals surface area (Å²) in [6.07, 6.45) is -0.160. The van der Waals surface area contributed by atoms with Crippen LogP contribution in [-0.2, 0) is 9.53 Å². The molecule has 7 nitrogen and oxygen atoms in total. The molecule has 0 spiro atoms. The number of carbonyl (C=O) groups is 2. The van der Waals surface area contributed by atoms with Crippen LogP contribution in [-0.4, -0.2) is 80.1 Å². The molecule has 0 bridgehead atoms. The Morgan fingerprint density at radius 1 is 1.16 bits per heavy atom. The molecule has 1 aromatic rings. The minimum atomic E-state index is -0.361. The van der Waals surface area contributed by atoms with E-state index in [-0.39, 0.29) is 24.0 Å². The van der Waals surface area contributed by atoms with Gasteiger partial charge in [0.05, 0.1) is 12.7 Å². The third kappa shape index (κ3) is 4.36. The van der Waals surface area contributed by atoms with Crippen LogP contribution >= 0.6 is 0 Å². The average molecular weight is 346 g/mol. The first kappa shape index (κ1) is 17.8. The van der Waals surface area contributed by atoms with Gasteiger partial charge in [0.15, 0.2) is 0 Å². The highest BCUT2D eigenvalue weighted by Gasteiger charge is 2.28. The summed E-state index contributed by atoms with van der Waals surface area (Å²) in [5.74, 6) is -0.0766. The summed E-state index contributed by atoms with van der Waals surface area (Å²) < 4.78 is 5.50. The first-order valence-electron chi connectivity index (χ1n) is 8.78. The minimum absolute atomic E-state index is 0.0435. The van der Waals surface area contributed by atoms with Gasteiger partial charge in [-0.1, -0.05) is 0 Å². The predicted molar refractivity (Wildman–Crippen MR) is 95.7 cm³/mol. The van der Waals surface area contributed by atoms with Crippen molar-refractivity contribution >= 4 is 17.5 Å². The van der Waals surface area contributed by atoms with Crippen LogP contribution in [0.2, 0.25) is 0 Å². The van der Waals surface area contributed by atoms with Gasteiger partial charge in [-0.25, -0.2) is 0 Å². The first-order chi connectivity index (χ1) is 12.0. The summed E-state index contributed by atoms with van der Waals surface area (Å²) in [4.78, 5) is 29.0. The summed E-state index contributed by atoms with van der Waals surface area (Å²) in [6.45, 7) is 6.46. The Bertz CT molecular complexity index is 611. The maximum Gasteiger partial charge on any atom is 0.253 e. The molecular weight excluding hydrogens is 320 g/mol. The lowest BCUT2D eigenvalue weighted by atomic mass is 10.1. The molecule has 2 atom stereocenters. The van der Waals surface area contributed by atoms with Gasteiger partial charge in [0.25, 0.3) is 5.91 Å². The molecule has 7 heteroatoms. The van der Waals surface area contributed by atoms with Gasteiger partial charge in [-0.2, -0.15) is 0 Å². The summed E-state index contributed by atoms with van der Waals surface area (Å²) in [5.41, 5.74) is 1.33. The Hall–Kier alpha value is -1.96. The van der Waals surface area contributed by atoms with E-state index in [4.69, 9.17) is 4.74 Å². The molecule has 136 valence electrons. The summed E-state index contributed by atoms with van der Waals surface area (Å²) in [7, 11) is 2.06. The molecule has 2 fully saturated rings. The number of morpholine rings is 1. The minimum Gasteiger partial charge on any atom is -0.375 e. The van der Waals surface area contributed by atoms with Crippen LogP contribution in [0, 0.1) is 0 Å².